The lowest BCUT2D eigenvalue weighted by Crippen LogP contribution is -2.32. The fraction of sp³-hybridized carbons (Fsp3) is 0.316. The number of amides is 1. The maximum Gasteiger partial charge on any atom is 0.417 e. The van der Waals surface area contributed by atoms with Crippen LogP contribution in [0.15, 0.2) is 41.7 Å². The summed E-state index contributed by atoms with van der Waals surface area (Å²) >= 11 is 12.0. The van der Waals surface area contributed by atoms with Crippen molar-refractivity contribution in [3.05, 3.63) is 63.4 Å². The molecule has 2 rings (SSSR count). The largest absolute Gasteiger partial charge is 0.417 e. The van der Waals surface area contributed by atoms with Crippen LogP contribution < -0.4 is 5.32 Å². The number of nitrogens with one attached hydrogen (secondary N) is 1. The van der Waals surface area contributed by atoms with E-state index >= 15 is 0 Å². The summed E-state index contributed by atoms with van der Waals surface area (Å²) in [5, 5.41) is 6.83. The van der Waals surface area contributed by atoms with Crippen molar-refractivity contribution in [2.24, 2.45) is 5.16 Å². The molecule has 0 atom stereocenters. The van der Waals surface area contributed by atoms with Crippen LogP contribution in [-0.2, 0) is 11.0 Å². The number of halogens is 5. The number of alkyl halides is 3. The zero-order valence-corrected chi connectivity index (χ0v) is 17.3. The Labute approximate surface area is 175 Å². The van der Waals surface area contributed by atoms with Crippen LogP contribution in [0.1, 0.15) is 42.4 Å². The molecule has 0 spiro atoms. The summed E-state index contributed by atoms with van der Waals surface area (Å²) in [6.45, 7) is 4.99. The number of nitrogens with zero attached hydrogens (tertiary/aromatic N) is 2. The highest BCUT2D eigenvalue weighted by molar-refractivity contribution is 6.36. The second kappa shape index (κ2) is 9.00. The van der Waals surface area contributed by atoms with E-state index in [1.165, 1.54) is 24.4 Å². The van der Waals surface area contributed by atoms with Gasteiger partial charge in [-0.2, -0.15) is 13.2 Å². The van der Waals surface area contributed by atoms with Gasteiger partial charge in [-0.05, 0) is 39.0 Å². The standard InChI is InChI=1S/C19H18Cl2F3N3O2/c1-18(2,3)29-27-15(16-14(21)8-11(20)9-25-16)10-26-17(28)12-6-4-5-7-13(12)19(22,23)24/h4-9H,10H2,1-3H3,(H,26,28)/b27-15-. The van der Waals surface area contributed by atoms with Gasteiger partial charge in [0.1, 0.15) is 17.0 Å². The Morgan fingerprint density at radius 2 is 1.86 bits per heavy atom. The van der Waals surface area contributed by atoms with Crippen molar-refractivity contribution >= 4 is 34.8 Å². The van der Waals surface area contributed by atoms with Crippen LogP contribution in [-0.4, -0.2) is 28.7 Å². The Bertz CT molecular complexity index is 926. The summed E-state index contributed by atoms with van der Waals surface area (Å²) in [5.41, 5.74) is -1.89. The third-order valence-electron chi connectivity index (χ3n) is 3.40. The second-order valence-corrected chi connectivity index (χ2v) is 7.80. The lowest BCUT2D eigenvalue weighted by atomic mass is 10.1. The van der Waals surface area contributed by atoms with E-state index in [4.69, 9.17) is 28.0 Å². The lowest BCUT2D eigenvalue weighted by Gasteiger charge is -2.18. The van der Waals surface area contributed by atoms with Gasteiger partial charge in [0.25, 0.3) is 5.91 Å². The molecule has 0 fully saturated rings. The van der Waals surface area contributed by atoms with Crippen LogP contribution in [0.2, 0.25) is 10.0 Å². The first-order chi connectivity index (χ1) is 13.4. The van der Waals surface area contributed by atoms with Gasteiger partial charge in [-0.1, -0.05) is 40.5 Å². The molecule has 0 bridgehead atoms. The first-order valence-corrected chi connectivity index (χ1v) is 9.15. The Kier molecular flexibility index (Phi) is 7.13. The normalized spacial score (nSPS) is 12.6. The molecule has 1 N–H and O–H groups in total. The molecular formula is C19H18Cl2F3N3O2. The number of carbonyl (C=O) groups is 1. The topological polar surface area (TPSA) is 63.6 Å². The van der Waals surface area contributed by atoms with E-state index in [9.17, 15) is 18.0 Å². The fourth-order valence-corrected chi connectivity index (χ4v) is 2.65. The summed E-state index contributed by atoms with van der Waals surface area (Å²) in [6, 6.07) is 5.91. The van der Waals surface area contributed by atoms with Gasteiger partial charge in [-0.25, -0.2) is 0 Å². The first kappa shape index (κ1) is 23.0. The van der Waals surface area contributed by atoms with Crippen molar-refractivity contribution in [1.82, 2.24) is 10.3 Å². The predicted molar refractivity (Wildman–Crippen MR) is 105 cm³/mol. The highest BCUT2D eigenvalue weighted by Gasteiger charge is 2.34. The molecule has 0 saturated heterocycles. The van der Waals surface area contributed by atoms with Crippen LogP contribution in [0.4, 0.5) is 13.2 Å². The number of benzene rings is 1. The molecular weight excluding hydrogens is 430 g/mol. The van der Waals surface area contributed by atoms with E-state index in [0.29, 0.717) is 0 Å². The third-order valence-corrected chi connectivity index (χ3v) is 3.90. The minimum Gasteiger partial charge on any atom is -0.390 e. The van der Waals surface area contributed by atoms with Gasteiger partial charge in [0, 0.05) is 6.20 Å². The predicted octanol–water partition coefficient (Wildman–Crippen LogP) is 5.36. The van der Waals surface area contributed by atoms with Crippen molar-refractivity contribution in [3.8, 4) is 0 Å². The Morgan fingerprint density at radius 1 is 1.21 bits per heavy atom. The van der Waals surface area contributed by atoms with Gasteiger partial charge in [-0.15, -0.1) is 0 Å². The molecule has 156 valence electrons. The zero-order valence-electron chi connectivity index (χ0n) is 15.8. The number of hydrogen-bond acceptors (Lipinski definition) is 4. The number of aromatic nitrogens is 1. The van der Waals surface area contributed by atoms with E-state index in [1.54, 1.807) is 20.8 Å². The van der Waals surface area contributed by atoms with E-state index in [2.05, 4.69) is 15.5 Å². The molecule has 0 aliphatic heterocycles. The molecule has 0 radical (unpaired) electrons. The Hall–Kier alpha value is -2.32. The molecule has 5 nitrogen and oxygen atoms in total. The van der Waals surface area contributed by atoms with Gasteiger partial charge < -0.3 is 10.2 Å². The quantitative estimate of drug-likeness (QED) is 0.495. The first-order valence-electron chi connectivity index (χ1n) is 8.39. The van der Waals surface area contributed by atoms with E-state index in [0.717, 1.165) is 12.1 Å². The van der Waals surface area contributed by atoms with Crippen molar-refractivity contribution in [3.63, 3.8) is 0 Å². The summed E-state index contributed by atoms with van der Waals surface area (Å²) in [4.78, 5) is 21.9. The lowest BCUT2D eigenvalue weighted by molar-refractivity contribution is -0.137. The molecule has 10 heteroatoms. The van der Waals surface area contributed by atoms with Gasteiger partial charge in [0.2, 0.25) is 0 Å². The smallest absolute Gasteiger partial charge is 0.390 e. The third kappa shape index (κ3) is 6.61. The molecule has 0 aliphatic rings. The van der Waals surface area contributed by atoms with E-state index < -0.39 is 28.8 Å². The van der Waals surface area contributed by atoms with Crippen LogP contribution in [0.5, 0.6) is 0 Å². The molecule has 1 amide bonds. The molecule has 29 heavy (non-hydrogen) atoms. The summed E-state index contributed by atoms with van der Waals surface area (Å²) < 4.78 is 39.5. The molecule has 0 saturated carbocycles. The van der Waals surface area contributed by atoms with Gasteiger partial charge in [-0.3, -0.25) is 9.78 Å². The van der Waals surface area contributed by atoms with Gasteiger partial charge in [0.15, 0.2) is 0 Å². The van der Waals surface area contributed by atoms with Crippen LogP contribution in [0, 0.1) is 0 Å². The highest BCUT2D eigenvalue weighted by Crippen LogP contribution is 2.31. The number of pyridine rings is 1. The minimum atomic E-state index is -4.67. The van der Waals surface area contributed by atoms with E-state index in [-0.39, 0.29) is 28.0 Å². The SMILES string of the molecule is CC(C)(C)O/N=C(/CNC(=O)c1ccccc1C(F)(F)F)c1ncc(Cl)cc1Cl. The van der Waals surface area contributed by atoms with Crippen molar-refractivity contribution in [2.75, 3.05) is 6.54 Å². The van der Waals surface area contributed by atoms with Gasteiger partial charge >= 0.3 is 6.18 Å². The number of carbonyl (C=O) groups excluding carboxylic acids is 1. The van der Waals surface area contributed by atoms with Crippen LogP contribution in [0.25, 0.3) is 0 Å². The molecule has 2 aromatic rings. The van der Waals surface area contributed by atoms with Crippen molar-refractivity contribution < 1.29 is 22.8 Å². The number of oxime groups is 1. The maximum absolute atomic E-state index is 13.2. The minimum absolute atomic E-state index is 0.124. The average molecular weight is 448 g/mol. The molecule has 1 heterocycles. The summed E-state index contributed by atoms with van der Waals surface area (Å²) in [5.74, 6) is -0.925. The van der Waals surface area contributed by atoms with Crippen LogP contribution >= 0.6 is 23.2 Å². The van der Waals surface area contributed by atoms with E-state index in [1.807, 2.05) is 0 Å². The number of rotatable bonds is 5. The van der Waals surface area contributed by atoms with Gasteiger partial charge in [0.05, 0.1) is 27.7 Å². The Morgan fingerprint density at radius 3 is 2.45 bits per heavy atom. The monoisotopic (exact) mass is 447 g/mol. The van der Waals surface area contributed by atoms with Crippen LogP contribution in [0.3, 0.4) is 0 Å². The van der Waals surface area contributed by atoms with Crippen molar-refractivity contribution in [1.29, 1.82) is 0 Å². The fourth-order valence-electron chi connectivity index (χ4n) is 2.17. The second-order valence-electron chi connectivity index (χ2n) is 6.95. The summed E-state index contributed by atoms with van der Waals surface area (Å²) in [6.07, 6.45) is -3.34. The summed E-state index contributed by atoms with van der Waals surface area (Å²) in [7, 11) is 0. The molecule has 1 aromatic carbocycles. The molecule has 1 aromatic heterocycles. The Balaban J connectivity index is 2.30. The average Bonchev–Trinajstić information content (AvgIpc) is 2.61. The zero-order chi connectivity index (χ0) is 21.8. The molecule has 0 aliphatic carbocycles. The number of hydrogen-bond donors (Lipinski definition) is 1. The molecule has 0 unspecified atom stereocenters. The maximum atomic E-state index is 13.2. The van der Waals surface area contributed by atoms with Crippen molar-refractivity contribution in [2.45, 2.75) is 32.5 Å². The highest BCUT2D eigenvalue weighted by atomic mass is 35.5.